The van der Waals surface area contributed by atoms with E-state index in [1.165, 1.54) is 4.31 Å². The Morgan fingerprint density at radius 1 is 1.29 bits per heavy atom. The molecule has 1 aromatic carbocycles. The number of methoxy groups -OCH3 is 1. The summed E-state index contributed by atoms with van der Waals surface area (Å²) in [5.41, 5.74) is 0.774. The van der Waals surface area contributed by atoms with Crippen LogP contribution in [0.5, 0.6) is 5.75 Å². The first-order valence-corrected chi connectivity index (χ1v) is 8.83. The predicted octanol–water partition coefficient (Wildman–Crippen LogP) is 2.53. The van der Waals surface area contributed by atoms with Crippen molar-refractivity contribution in [3.8, 4) is 5.75 Å². The molecule has 5 nitrogen and oxygen atoms in total. The molecule has 0 radical (unpaired) electrons. The van der Waals surface area contributed by atoms with Gasteiger partial charge in [-0.2, -0.15) is 4.31 Å². The summed E-state index contributed by atoms with van der Waals surface area (Å²) in [4.78, 5) is 4.64. The van der Waals surface area contributed by atoms with Gasteiger partial charge in [-0.25, -0.2) is 13.4 Å². The van der Waals surface area contributed by atoms with E-state index in [2.05, 4.69) is 4.98 Å². The van der Waals surface area contributed by atoms with Gasteiger partial charge >= 0.3 is 0 Å². The minimum absolute atomic E-state index is 0.247. The standard InChI is InChI=1S/C14H18N2O3S2/c1-4-14-15-11(10-20-14)9-16(2)21(17,18)13-7-5-12(19-3)6-8-13/h5-8,10H,4,9H2,1-3H3. The highest BCUT2D eigenvalue weighted by Crippen LogP contribution is 2.20. The summed E-state index contributed by atoms with van der Waals surface area (Å²) in [5, 5.41) is 2.92. The topological polar surface area (TPSA) is 59.5 Å². The van der Waals surface area contributed by atoms with Gasteiger partial charge in [0.05, 0.1) is 29.3 Å². The van der Waals surface area contributed by atoms with Crippen LogP contribution in [0.25, 0.3) is 0 Å². The van der Waals surface area contributed by atoms with Gasteiger partial charge in [0.1, 0.15) is 5.75 Å². The van der Waals surface area contributed by atoms with E-state index >= 15 is 0 Å². The van der Waals surface area contributed by atoms with Crippen LogP contribution < -0.4 is 4.74 Å². The van der Waals surface area contributed by atoms with E-state index in [0.29, 0.717) is 5.75 Å². The van der Waals surface area contributed by atoms with Crippen molar-refractivity contribution in [1.29, 1.82) is 0 Å². The van der Waals surface area contributed by atoms with Crippen LogP contribution in [0.3, 0.4) is 0 Å². The van der Waals surface area contributed by atoms with Gasteiger partial charge in [-0.3, -0.25) is 0 Å². The highest BCUT2D eigenvalue weighted by atomic mass is 32.2. The third-order valence-corrected chi connectivity index (χ3v) is 5.91. The lowest BCUT2D eigenvalue weighted by Gasteiger charge is -2.16. The number of sulfonamides is 1. The molecule has 0 amide bonds. The molecule has 0 bridgehead atoms. The van der Waals surface area contributed by atoms with Crippen molar-refractivity contribution in [1.82, 2.24) is 9.29 Å². The van der Waals surface area contributed by atoms with Crippen molar-refractivity contribution < 1.29 is 13.2 Å². The van der Waals surface area contributed by atoms with Gasteiger partial charge in [0.25, 0.3) is 0 Å². The summed E-state index contributed by atoms with van der Waals surface area (Å²) >= 11 is 1.55. The molecule has 0 aliphatic carbocycles. The molecule has 0 spiro atoms. The summed E-state index contributed by atoms with van der Waals surface area (Å²) in [7, 11) is -0.412. The minimum Gasteiger partial charge on any atom is -0.497 e. The summed E-state index contributed by atoms with van der Waals surface area (Å²) < 4.78 is 31.3. The molecule has 2 aromatic rings. The molecule has 114 valence electrons. The van der Waals surface area contributed by atoms with E-state index in [1.54, 1.807) is 49.8 Å². The van der Waals surface area contributed by atoms with Crippen LogP contribution in [0.1, 0.15) is 17.6 Å². The molecule has 0 fully saturated rings. The molecule has 2 rings (SSSR count). The lowest BCUT2D eigenvalue weighted by atomic mass is 10.3. The molecule has 0 aliphatic rings. The number of hydrogen-bond acceptors (Lipinski definition) is 5. The fourth-order valence-corrected chi connectivity index (χ4v) is 3.70. The Balaban J connectivity index is 2.17. The minimum atomic E-state index is -3.52. The Bertz CT molecular complexity index is 693. The van der Waals surface area contributed by atoms with Crippen molar-refractivity contribution in [2.24, 2.45) is 0 Å². The molecule has 1 aromatic heterocycles. The number of rotatable bonds is 6. The Hall–Kier alpha value is -1.44. The number of ether oxygens (including phenoxy) is 1. The number of benzene rings is 1. The van der Waals surface area contributed by atoms with Gasteiger partial charge in [0.15, 0.2) is 0 Å². The van der Waals surface area contributed by atoms with Gasteiger partial charge < -0.3 is 4.74 Å². The van der Waals surface area contributed by atoms with Crippen LogP contribution in [-0.4, -0.2) is 31.9 Å². The van der Waals surface area contributed by atoms with Gasteiger partial charge in [-0.1, -0.05) is 6.92 Å². The summed E-state index contributed by atoms with van der Waals surface area (Å²) in [6, 6.07) is 6.36. The molecule has 0 aliphatic heterocycles. The van der Waals surface area contributed by atoms with Gasteiger partial charge in [-0.05, 0) is 30.7 Å². The zero-order valence-electron chi connectivity index (χ0n) is 12.2. The Morgan fingerprint density at radius 2 is 1.95 bits per heavy atom. The summed E-state index contributed by atoms with van der Waals surface area (Å²) in [6.07, 6.45) is 0.861. The third kappa shape index (κ3) is 3.61. The lowest BCUT2D eigenvalue weighted by molar-refractivity contribution is 0.414. The Labute approximate surface area is 129 Å². The second-order valence-electron chi connectivity index (χ2n) is 4.52. The average Bonchev–Trinajstić information content (AvgIpc) is 2.95. The molecule has 0 unspecified atom stereocenters. The van der Waals surface area contributed by atoms with E-state index in [9.17, 15) is 8.42 Å². The van der Waals surface area contributed by atoms with Crippen molar-refractivity contribution in [3.63, 3.8) is 0 Å². The Morgan fingerprint density at radius 3 is 2.48 bits per heavy atom. The van der Waals surface area contributed by atoms with Crippen LogP contribution in [0.4, 0.5) is 0 Å². The maximum Gasteiger partial charge on any atom is 0.243 e. The van der Waals surface area contributed by atoms with Crippen molar-refractivity contribution in [2.75, 3.05) is 14.2 Å². The molecular formula is C14H18N2O3S2. The van der Waals surface area contributed by atoms with E-state index < -0.39 is 10.0 Å². The maximum atomic E-state index is 12.5. The van der Waals surface area contributed by atoms with E-state index in [1.807, 2.05) is 12.3 Å². The van der Waals surface area contributed by atoms with Crippen LogP contribution in [0, 0.1) is 0 Å². The van der Waals surface area contributed by atoms with Crippen LogP contribution in [0.15, 0.2) is 34.5 Å². The number of aryl methyl sites for hydroxylation is 1. The van der Waals surface area contributed by atoms with Gasteiger partial charge in [-0.15, -0.1) is 11.3 Å². The van der Waals surface area contributed by atoms with E-state index in [-0.39, 0.29) is 11.4 Å². The first-order valence-electron chi connectivity index (χ1n) is 6.51. The highest BCUT2D eigenvalue weighted by molar-refractivity contribution is 7.89. The van der Waals surface area contributed by atoms with Crippen molar-refractivity contribution in [3.05, 3.63) is 40.3 Å². The second-order valence-corrected chi connectivity index (χ2v) is 7.51. The Kier molecular flexibility index (Phi) is 4.97. The molecule has 0 N–H and O–H groups in total. The van der Waals surface area contributed by atoms with Crippen LogP contribution in [0.2, 0.25) is 0 Å². The molecule has 1 heterocycles. The van der Waals surface area contributed by atoms with E-state index in [0.717, 1.165) is 17.1 Å². The third-order valence-electron chi connectivity index (χ3n) is 3.05. The van der Waals surface area contributed by atoms with Crippen LogP contribution >= 0.6 is 11.3 Å². The summed E-state index contributed by atoms with van der Waals surface area (Å²) in [6.45, 7) is 2.30. The fraction of sp³-hybridized carbons (Fsp3) is 0.357. The SMILES string of the molecule is CCc1nc(CN(C)S(=O)(=O)c2ccc(OC)cc2)cs1. The zero-order valence-corrected chi connectivity index (χ0v) is 13.9. The second kappa shape index (κ2) is 6.55. The lowest BCUT2D eigenvalue weighted by Crippen LogP contribution is -2.26. The van der Waals surface area contributed by atoms with Crippen molar-refractivity contribution >= 4 is 21.4 Å². The fourth-order valence-electron chi connectivity index (χ4n) is 1.82. The number of aromatic nitrogens is 1. The first kappa shape index (κ1) is 15.9. The summed E-state index contributed by atoms with van der Waals surface area (Å²) in [5.74, 6) is 0.628. The normalized spacial score (nSPS) is 11.8. The van der Waals surface area contributed by atoms with Gasteiger partial charge in [0, 0.05) is 12.4 Å². The van der Waals surface area contributed by atoms with Crippen molar-refractivity contribution in [2.45, 2.75) is 24.8 Å². The molecule has 0 saturated heterocycles. The molecular weight excluding hydrogens is 308 g/mol. The maximum absolute atomic E-state index is 12.5. The average molecular weight is 326 g/mol. The molecule has 0 atom stereocenters. The zero-order chi connectivity index (χ0) is 15.5. The number of hydrogen-bond donors (Lipinski definition) is 0. The molecule has 7 heteroatoms. The van der Waals surface area contributed by atoms with Crippen LogP contribution in [-0.2, 0) is 23.0 Å². The molecule has 0 saturated carbocycles. The number of thiazole rings is 1. The monoisotopic (exact) mass is 326 g/mol. The predicted molar refractivity (Wildman–Crippen MR) is 83.1 cm³/mol. The highest BCUT2D eigenvalue weighted by Gasteiger charge is 2.21. The first-order chi connectivity index (χ1) is 9.97. The van der Waals surface area contributed by atoms with Gasteiger partial charge in [0.2, 0.25) is 10.0 Å². The quantitative estimate of drug-likeness (QED) is 0.818. The largest absolute Gasteiger partial charge is 0.497 e. The smallest absolute Gasteiger partial charge is 0.243 e. The molecule has 21 heavy (non-hydrogen) atoms. The van der Waals surface area contributed by atoms with E-state index in [4.69, 9.17) is 4.74 Å². The number of nitrogens with zero attached hydrogens (tertiary/aromatic N) is 2.